The van der Waals surface area contributed by atoms with Gasteiger partial charge in [0.25, 0.3) is 0 Å². The molecule has 0 spiro atoms. The second-order valence-electron chi connectivity index (χ2n) is 3.61. The van der Waals surface area contributed by atoms with E-state index in [9.17, 15) is 0 Å². The van der Waals surface area contributed by atoms with Gasteiger partial charge in [-0.05, 0) is 24.3 Å². The molecule has 0 radical (unpaired) electrons. The second-order valence-corrected chi connectivity index (χ2v) is 4.96. The standard InChI is InChI=1S/C12H11BrN4S/c13-8-1-2-10(12(14)18)11(5-8)16-6-9-3-4-15-7-17-9/h1-5,7,16H,6H2,(H2,14,18). The van der Waals surface area contributed by atoms with E-state index >= 15 is 0 Å². The van der Waals surface area contributed by atoms with Crippen molar-refractivity contribution < 1.29 is 0 Å². The van der Waals surface area contributed by atoms with E-state index in [4.69, 9.17) is 18.0 Å². The fourth-order valence-electron chi connectivity index (χ4n) is 1.49. The molecule has 0 amide bonds. The summed E-state index contributed by atoms with van der Waals surface area (Å²) in [6, 6.07) is 7.58. The number of nitrogens with two attached hydrogens (primary N) is 1. The average Bonchev–Trinajstić information content (AvgIpc) is 2.37. The molecule has 0 aliphatic heterocycles. The Hall–Kier alpha value is -1.53. The molecule has 2 aromatic rings. The van der Waals surface area contributed by atoms with Crippen molar-refractivity contribution in [3.63, 3.8) is 0 Å². The summed E-state index contributed by atoms with van der Waals surface area (Å²) >= 11 is 8.44. The van der Waals surface area contributed by atoms with Crippen LogP contribution in [0, 0.1) is 0 Å². The van der Waals surface area contributed by atoms with Crippen LogP contribution < -0.4 is 11.1 Å². The maximum absolute atomic E-state index is 5.68. The number of halogens is 1. The molecule has 0 unspecified atom stereocenters. The topological polar surface area (TPSA) is 63.8 Å². The van der Waals surface area contributed by atoms with Crippen LogP contribution in [0.3, 0.4) is 0 Å². The van der Waals surface area contributed by atoms with Crippen LogP contribution in [0.25, 0.3) is 0 Å². The van der Waals surface area contributed by atoms with Gasteiger partial charge in [-0.15, -0.1) is 0 Å². The van der Waals surface area contributed by atoms with Crippen molar-refractivity contribution in [2.75, 3.05) is 5.32 Å². The minimum atomic E-state index is 0.368. The van der Waals surface area contributed by atoms with Gasteiger partial charge in [0.1, 0.15) is 11.3 Å². The van der Waals surface area contributed by atoms with Gasteiger partial charge in [0.05, 0.1) is 12.2 Å². The van der Waals surface area contributed by atoms with Gasteiger partial charge in [-0.3, -0.25) is 0 Å². The van der Waals surface area contributed by atoms with Crippen molar-refractivity contribution in [1.29, 1.82) is 0 Å². The minimum absolute atomic E-state index is 0.368. The van der Waals surface area contributed by atoms with Crippen LogP contribution >= 0.6 is 28.1 Å². The third kappa shape index (κ3) is 3.24. The number of hydrogen-bond donors (Lipinski definition) is 2. The van der Waals surface area contributed by atoms with Gasteiger partial charge in [0.15, 0.2) is 0 Å². The number of hydrogen-bond acceptors (Lipinski definition) is 4. The molecule has 0 saturated heterocycles. The molecule has 1 aromatic heterocycles. The predicted octanol–water partition coefficient (Wildman–Crippen LogP) is 2.49. The smallest absolute Gasteiger partial charge is 0.115 e. The Morgan fingerprint density at radius 3 is 2.89 bits per heavy atom. The molecule has 1 aromatic carbocycles. The summed E-state index contributed by atoms with van der Waals surface area (Å²) in [5.41, 5.74) is 8.29. The maximum atomic E-state index is 5.68. The first-order chi connectivity index (χ1) is 8.66. The molecule has 18 heavy (non-hydrogen) atoms. The van der Waals surface area contributed by atoms with Crippen molar-refractivity contribution in [3.8, 4) is 0 Å². The molecule has 3 N–H and O–H groups in total. The van der Waals surface area contributed by atoms with Crippen molar-refractivity contribution in [2.24, 2.45) is 5.73 Å². The maximum Gasteiger partial charge on any atom is 0.115 e. The Kier molecular flexibility index (Phi) is 4.22. The Labute approximate surface area is 119 Å². The summed E-state index contributed by atoms with van der Waals surface area (Å²) in [5, 5.41) is 3.26. The minimum Gasteiger partial charge on any atom is -0.389 e. The number of nitrogens with one attached hydrogen (secondary N) is 1. The molecule has 4 nitrogen and oxygen atoms in total. The van der Waals surface area contributed by atoms with E-state index in [1.807, 2.05) is 24.3 Å². The molecule has 6 heteroatoms. The van der Waals surface area contributed by atoms with Gasteiger partial charge in [-0.1, -0.05) is 28.1 Å². The van der Waals surface area contributed by atoms with Crippen molar-refractivity contribution in [2.45, 2.75) is 6.54 Å². The molecular weight excluding hydrogens is 312 g/mol. The molecule has 0 bridgehead atoms. The van der Waals surface area contributed by atoms with Crippen molar-refractivity contribution in [3.05, 3.63) is 52.5 Å². The van der Waals surface area contributed by atoms with Crippen molar-refractivity contribution >= 4 is 38.8 Å². The molecule has 0 aliphatic rings. The lowest BCUT2D eigenvalue weighted by Crippen LogP contribution is -2.13. The van der Waals surface area contributed by atoms with Crippen LogP contribution in [0.15, 0.2) is 41.3 Å². The first-order valence-electron chi connectivity index (χ1n) is 5.25. The van der Waals surface area contributed by atoms with Gasteiger partial charge in [-0.25, -0.2) is 9.97 Å². The highest BCUT2D eigenvalue weighted by atomic mass is 79.9. The van der Waals surface area contributed by atoms with Crippen molar-refractivity contribution in [1.82, 2.24) is 9.97 Å². The quantitative estimate of drug-likeness (QED) is 0.847. The van der Waals surface area contributed by atoms with Crippen LogP contribution in [0.1, 0.15) is 11.3 Å². The lowest BCUT2D eigenvalue weighted by atomic mass is 10.1. The third-order valence-electron chi connectivity index (χ3n) is 2.35. The third-order valence-corrected chi connectivity index (χ3v) is 3.06. The Bertz CT molecular complexity index is 559. The normalized spacial score (nSPS) is 10.1. The number of rotatable bonds is 4. The molecule has 92 valence electrons. The van der Waals surface area contributed by atoms with Crippen LogP contribution in [0.4, 0.5) is 5.69 Å². The molecule has 0 fully saturated rings. The zero-order valence-electron chi connectivity index (χ0n) is 9.43. The van der Waals surface area contributed by atoms with Gasteiger partial charge in [-0.2, -0.15) is 0 Å². The number of benzene rings is 1. The second kappa shape index (κ2) is 5.88. The highest BCUT2D eigenvalue weighted by Gasteiger charge is 2.05. The van der Waals surface area contributed by atoms with E-state index in [1.165, 1.54) is 6.33 Å². The highest BCUT2D eigenvalue weighted by Crippen LogP contribution is 2.21. The summed E-state index contributed by atoms with van der Waals surface area (Å²) < 4.78 is 0.965. The van der Waals surface area contributed by atoms with Gasteiger partial charge in [0.2, 0.25) is 0 Å². The Morgan fingerprint density at radius 2 is 2.22 bits per heavy atom. The summed E-state index contributed by atoms with van der Waals surface area (Å²) in [4.78, 5) is 8.38. The Balaban J connectivity index is 2.18. The monoisotopic (exact) mass is 322 g/mol. The lowest BCUT2D eigenvalue weighted by molar-refractivity contribution is 1.01. The predicted molar refractivity (Wildman–Crippen MR) is 79.4 cm³/mol. The molecule has 0 saturated carbocycles. The van der Waals surface area contributed by atoms with E-state index < -0.39 is 0 Å². The van der Waals surface area contributed by atoms with E-state index in [0.717, 1.165) is 21.4 Å². The highest BCUT2D eigenvalue weighted by molar-refractivity contribution is 9.10. The lowest BCUT2D eigenvalue weighted by Gasteiger charge is -2.11. The Morgan fingerprint density at radius 1 is 1.39 bits per heavy atom. The molecular formula is C12H11BrN4S. The van der Waals surface area contributed by atoms with Crippen LogP contribution in [-0.4, -0.2) is 15.0 Å². The first kappa shape index (κ1) is 12.9. The SMILES string of the molecule is NC(=S)c1ccc(Br)cc1NCc1ccncn1. The van der Waals surface area contributed by atoms with Gasteiger partial charge >= 0.3 is 0 Å². The number of aromatic nitrogens is 2. The van der Waals surface area contributed by atoms with Gasteiger partial charge in [0, 0.05) is 21.9 Å². The number of nitrogens with zero attached hydrogens (tertiary/aromatic N) is 2. The number of anilines is 1. The molecule has 0 atom stereocenters. The first-order valence-corrected chi connectivity index (χ1v) is 6.45. The van der Waals surface area contributed by atoms with E-state index in [0.29, 0.717) is 11.5 Å². The molecule has 2 rings (SSSR count). The van der Waals surface area contributed by atoms with E-state index in [2.05, 4.69) is 31.2 Å². The average molecular weight is 323 g/mol. The van der Waals surface area contributed by atoms with Gasteiger partial charge < -0.3 is 11.1 Å². The summed E-state index contributed by atoms with van der Waals surface area (Å²) in [6.07, 6.45) is 3.23. The summed E-state index contributed by atoms with van der Waals surface area (Å²) in [7, 11) is 0. The largest absolute Gasteiger partial charge is 0.389 e. The zero-order valence-corrected chi connectivity index (χ0v) is 11.8. The van der Waals surface area contributed by atoms with Crippen LogP contribution in [-0.2, 0) is 6.54 Å². The van der Waals surface area contributed by atoms with E-state index in [1.54, 1.807) is 6.20 Å². The van der Waals surface area contributed by atoms with Crippen LogP contribution in [0.5, 0.6) is 0 Å². The summed E-state index contributed by atoms with van der Waals surface area (Å²) in [5.74, 6) is 0. The fourth-order valence-corrected chi connectivity index (χ4v) is 2.03. The van der Waals surface area contributed by atoms with Crippen LogP contribution in [0.2, 0.25) is 0 Å². The molecule has 0 aliphatic carbocycles. The fraction of sp³-hybridized carbons (Fsp3) is 0.0833. The molecule has 1 heterocycles. The number of thiocarbonyl (C=S) groups is 1. The summed E-state index contributed by atoms with van der Waals surface area (Å²) in [6.45, 7) is 0.592. The van der Waals surface area contributed by atoms with E-state index in [-0.39, 0.29) is 0 Å². The zero-order chi connectivity index (χ0) is 13.0.